The van der Waals surface area contributed by atoms with Crippen molar-refractivity contribution in [2.75, 3.05) is 18.0 Å². The second-order valence-corrected chi connectivity index (χ2v) is 7.03. The zero-order valence-electron chi connectivity index (χ0n) is 16.2. The number of aromatic nitrogens is 2. The van der Waals surface area contributed by atoms with Gasteiger partial charge < -0.3 is 14.6 Å². The quantitative estimate of drug-likeness (QED) is 0.699. The van der Waals surface area contributed by atoms with Crippen LogP contribution in [0.1, 0.15) is 35.2 Å². The molecule has 2 aromatic carbocycles. The fourth-order valence-corrected chi connectivity index (χ4v) is 3.61. The van der Waals surface area contributed by atoms with Gasteiger partial charge in [0.15, 0.2) is 0 Å². The number of fused-ring (bicyclic) bond motifs is 1. The van der Waals surface area contributed by atoms with Crippen LogP contribution in [0.3, 0.4) is 0 Å². The number of amides is 2. The number of nitrogens with zero attached hydrogens (tertiary/aromatic N) is 3. The van der Waals surface area contributed by atoms with Crippen molar-refractivity contribution in [3.05, 3.63) is 77.5 Å². The van der Waals surface area contributed by atoms with E-state index >= 15 is 0 Å². The zero-order valence-corrected chi connectivity index (χ0v) is 16.2. The number of rotatable bonds is 6. The molecule has 29 heavy (non-hydrogen) atoms. The fourth-order valence-electron chi connectivity index (χ4n) is 3.61. The first kappa shape index (κ1) is 18.9. The fraction of sp³-hybridized carbons (Fsp3) is 0.273. The molecule has 1 atom stereocenters. The van der Waals surface area contributed by atoms with Crippen molar-refractivity contribution in [2.24, 2.45) is 0 Å². The lowest BCUT2D eigenvalue weighted by Gasteiger charge is -2.18. The van der Waals surface area contributed by atoms with E-state index in [0.717, 1.165) is 23.2 Å². The Hall–Kier alpha value is -3.48. The maximum absolute atomic E-state index is 12.6. The van der Waals surface area contributed by atoms with Gasteiger partial charge in [0.1, 0.15) is 0 Å². The molecule has 7 nitrogen and oxygen atoms in total. The topological polar surface area (TPSA) is 88.3 Å². The van der Waals surface area contributed by atoms with Crippen molar-refractivity contribution in [1.82, 2.24) is 15.5 Å². The molecule has 0 saturated heterocycles. The van der Waals surface area contributed by atoms with Crippen molar-refractivity contribution in [3.8, 4) is 0 Å². The molecule has 7 heteroatoms. The summed E-state index contributed by atoms with van der Waals surface area (Å²) in [7, 11) is 0. The summed E-state index contributed by atoms with van der Waals surface area (Å²) in [6.07, 6.45) is 0.956. The third-order valence-corrected chi connectivity index (χ3v) is 5.06. The van der Waals surface area contributed by atoms with Gasteiger partial charge in [-0.3, -0.25) is 9.59 Å². The molecule has 148 valence electrons. The van der Waals surface area contributed by atoms with Crippen LogP contribution in [-0.2, 0) is 16.0 Å². The van der Waals surface area contributed by atoms with Crippen LogP contribution < -0.4 is 10.2 Å². The SMILES string of the molecule is Cc1nnc(C(CC(=O)NCC(=O)N2CCc3ccccc32)c2ccccc2)o1. The van der Waals surface area contributed by atoms with Gasteiger partial charge in [-0.05, 0) is 23.6 Å². The molecule has 1 aliphatic rings. The number of hydrogen-bond donors (Lipinski definition) is 1. The third kappa shape index (κ3) is 4.18. The molecule has 1 unspecified atom stereocenters. The van der Waals surface area contributed by atoms with Gasteiger partial charge in [0.25, 0.3) is 0 Å². The molecule has 2 amide bonds. The van der Waals surface area contributed by atoms with Crippen LogP contribution in [-0.4, -0.2) is 35.1 Å². The Kier molecular flexibility index (Phi) is 5.37. The Morgan fingerprint density at radius 2 is 1.86 bits per heavy atom. The molecular formula is C22H22N4O3. The first-order chi connectivity index (χ1) is 14.1. The van der Waals surface area contributed by atoms with Crippen LogP contribution >= 0.6 is 0 Å². The summed E-state index contributed by atoms with van der Waals surface area (Å²) in [5.74, 6) is 0.122. The van der Waals surface area contributed by atoms with Crippen LogP contribution in [0.15, 0.2) is 59.0 Å². The van der Waals surface area contributed by atoms with Crippen LogP contribution in [0, 0.1) is 6.92 Å². The molecule has 0 saturated carbocycles. The van der Waals surface area contributed by atoms with Gasteiger partial charge in [-0.2, -0.15) is 0 Å². The standard InChI is InChI=1S/C22H22N4O3/c1-15-24-25-22(29-15)18(16-7-3-2-4-8-16)13-20(27)23-14-21(28)26-12-11-17-9-5-6-10-19(17)26/h2-10,18H,11-14H2,1H3,(H,23,27). The third-order valence-electron chi connectivity index (χ3n) is 5.06. The Morgan fingerprint density at radius 3 is 2.62 bits per heavy atom. The second-order valence-electron chi connectivity index (χ2n) is 7.03. The lowest BCUT2D eigenvalue weighted by molar-refractivity contribution is -0.125. The average molecular weight is 390 g/mol. The highest BCUT2D eigenvalue weighted by atomic mass is 16.4. The minimum absolute atomic E-state index is 0.0441. The van der Waals surface area contributed by atoms with Gasteiger partial charge >= 0.3 is 0 Å². The van der Waals surface area contributed by atoms with E-state index in [9.17, 15) is 9.59 Å². The van der Waals surface area contributed by atoms with Crippen molar-refractivity contribution >= 4 is 17.5 Å². The van der Waals surface area contributed by atoms with Crippen LogP contribution in [0.25, 0.3) is 0 Å². The molecule has 0 spiro atoms. The van der Waals surface area contributed by atoms with E-state index in [-0.39, 0.29) is 30.7 Å². The summed E-state index contributed by atoms with van der Waals surface area (Å²) in [5, 5.41) is 10.7. The number of carbonyl (C=O) groups is 2. The van der Waals surface area contributed by atoms with E-state index in [1.165, 1.54) is 0 Å². The summed E-state index contributed by atoms with van der Waals surface area (Å²) in [6, 6.07) is 17.4. The molecule has 4 rings (SSSR count). The Bertz CT molecular complexity index is 1020. The maximum Gasteiger partial charge on any atom is 0.246 e. The monoisotopic (exact) mass is 390 g/mol. The molecule has 3 aromatic rings. The Balaban J connectivity index is 1.40. The first-order valence-electron chi connectivity index (χ1n) is 9.61. The summed E-state index contributed by atoms with van der Waals surface area (Å²) in [6.45, 7) is 2.31. The van der Waals surface area contributed by atoms with E-state index in [2.05, 4.69) is 15.5 Å². The minimum Gasteiger partial charge on any atom is -0.425 e. The predicted octanol–water partition coefficient (Wildman–Crippen LogP) is 2.61. The highest BCUT2D eigenvalue weighted by Gasteiger charge is 2.26. The summed E-state index contributed by atoms with van der Waals surface area (Å²) in [5.41, 5.74) is 2.99. The van der Waals surface area contributed by atoms with Gasteiger partial charge in [-0.15, -0.1) is 10.2 Å². The van der Waals surface area contributed by atoms with E-state index in [4.69, 9.17) is 4.42 Å². The molecular weight excluding hydrogens is 368 g/mol. The van der Waals surface area contributed by atoms with Crippen molar-refractivity contribution < 1.29 is 14.0 Å². The molecule has 1 aliphatic heterocycles. The van der Waals surface area contributed by atoms with E-state index in [1.54, 1.807) is 11.8 Å². The Morgan fingerprint density at radius 1 is 1.10 bits per heavy atom. The van der Waals surface area contributed by atoms with Gasteiger partial charge in [0.05, 0.1) is 12.5 Å². The zero-order chi connectivity index (χ0) is 20.2. The predicted molar refractivity (Wildman–Crippen MR) is 107 cm³/mol. The van der Waals surface area contributed by atoms with E-state index in [1.807, 2.05) is 54.6 Å². The highest BCUT2D eigenvalue weighted by molar-refractivity contribution is 5.98. The van der Waals surface area contributed by atoms with Crippen LogP contribution in [0.4, 0.5) is 5.69 Å². The molecule has 0 bridgehead atoms. The average Bonchev–Trinajstić information content (AvgIpc) is 3.37. The molecule has 1 N–H and O–H groups in total. The van der Waals surface area contributed by atoms with Gasteiger partial charge in [0.2, 0.25) is 23.6 Å². The second kappa shape index (κ2) is 8.26. The number of carbonyl (C=O) groups excluding carboxylic acids is 2. The summed E-state index contributed by atoms with van der Waals surface area (Å²) in [4.78, 5) is 26.9. The van der Waals surface area contributed by atoms with Crippen molar-refractivity contribution in [3.63, 3.8) is 0 Å². The first-order valence-corrected chi connectivity index (χ1v) is 9.61. The normalized spacial score (nSPS) is 13.8. The van der Waals surface area contributed by atoms with Crippen molar-refractivity contribution in [2.45, 2.75) is 25.7 Å². The molecule has 0 aliphatic carbocycles. The summed E-state index contributed by atoms with van der Waals surface area (Å²) < 4.78 is 5.57. The number of nitrogens with one attached hydrogen (secondary N) is 1. The smallest absolute Gasteiger partial charge is 0.246 e. The van der Waals surface area contributed by atoms with E-state index < -0.39 is 0 Å². The lowest BCUT2D eigenvalue weighted by Crippen LogP contribution is -2.39. The van der Waals surface area contributed by atoms with Gasteiger partial charge in [-0.1, -0.05) is 48.5 Å². The molecule has 2 heterocycles. The lowest BCUT2D eigenvalue weighted by atomic mass is 9.95. The van der Waals surface area contributed by atoms with Gasteiger partial charge in [0, 0.05) is 25.6 Å². The summed E-state index contributed by atoms with van der Waals surface area (Å²) >= 11 is 0. The number of aryl methyl sites for hydroxylation is 1. The van der Waals surface area contributed by atoms with Gasteiger partial charge in [-0.25, -0.2) is 0 Å². The maximum atomic E-state index is 12.6. The van der Waals surface area contributed by atoms with Crippen LogP contribution in [0.2, 0.25) is 0 Å². The van der Waals surface area contributed by atoms with Crippen LogP contribution in [0.5, 0.6) is 0 Å². The largest absolute Gasteiger partial charge is 0.425 e. The molecule has 0 fully saturated rings. The molecule has 0 radical (unpaired) electrons. The highest BCUT2D eigenvalue weighted by Crippen LogP contribution is 2.28. The number of benzene rings is 2. The van der Waals surface area contributed by atoms with Crippen molar-refractivity contribution in [1.29, 1.82) is 0 Å². The number of hydrogen-bond acceptors (Lipinski definition) is 5. The number of anilines is 1. The van der Waals surface area contributed by atoms with E-state index in [0.29, 0.717) is 18.3 Å². The minimum atomic E-state index is -0.361. The number of para-hydroxylation sites is 1. The Labute approximate surface area is 168 Å². The molecule has 1 aromatic heterocycles.